The first-order chi connectivity index (χ1) is 12.5. The zero-order chi connectivity index (χ0) is 18.7. The quantitative estimate of drug-likeness (QED) is 0.781. The Balaban J connectivity index is 1.82. The summed E-state index contributed by atoms with van der Waals surface area (Å²) >= 11 is 3.42. The molecule has 1 atom stereocenters. The first-order valence-corrected chi connectivity index (χ1v) is 9.33. The molecule has 0 aliphatic carbocycles. The second-order valence-electron chi connectivity index (χ2n) is 6.45. The largest absolute Gasteiger partial charge is 0.496 e. The minimum Gasteiger partial charge on any atom is -0.496 e. The normalized spacial score (nSPS) is 14.0. The molecule has 1 aliphatic heterocycles. The first kappa shape index (κ1) is 18.6. The van der Waals surface area contributed by atoms with Crippen LogP contribution in [0.15, 0.2) is 40.9 Å². The smallest absolute Gasteiger partial charge is 0.251 e. The molecular weight excluding hydrogens is 398 g/mol. The molecule has 26 heavy (non-hydrogen) atoms. The van der Waals surface area contributed by atoms with Crippen molar-refractivity contribution in [2.75, 3.05) is 20.3 Å². The van der Waals surface area contributed by atoms with Gasteiger partial charge in [0.2, 0.25) is 0 Å². The van der Waals surface area contributed by atoms with Gasteiger partial charge in [-0.05, 0) is 57.7 Å². The van der Waals surface area contributed by atoms with Crippen molar-refractivity contribution >= 4 is 21.8 Å². The number of amides is 1. The highest BCUT2D eigenvalue weighted by Crippen LogP contribution is 2.34. The second kappa shape index (κ2) is 7.99. The van der Waals surface area contributed by atoms with E-state index in [9.17, 15) is 4.79 Å². The third-order valence-corrected chi connectivity index (χ3v) is 4.91. The molecule has 0 aromatic heterocycles. The number of rotatable bonds is 5. The van der Waals surface area contributed by atoms with Gasteiger partial charge in [-0.15, -0.1) is 0 Å². The van der Waals surface area contributed by atoms with Crippen LogP contribution in [-0.4, -0.2) is 26.2 Å². The number of nitrogens with one attached hydrogen (secondary N) is 1. The molecule has 0 spiro atoms. The van der Waals surface area contributed by atoms with Crippen molar-refractivity contribution in [1.29, 1.82) is 0 Å². The highest BCUT2D eigenvalue weighted by molar-refractivity contribution is 9.10. The number of hydrogen-bond acceptors (Lipinski definition) is 4. The van der Waals surface area contributed by atoms with Gasteiger partial charge in [0.15, 0.2) is 11.5 Å². The van der Waals surface area contributed by atoms with Gasteiger partial charge in [-0.2, -0.15) is 0 Å². The van der Waals surface area contributed by atoms with Crippen LogP contribution in [0.3, 0.4) is 0 Å². The van der Waals surface area contributed by atoms with Gasteiger partial charge < -0.3 is 19.5 Å². The van der Waals surface area contributed by atoms with Crippen LogP contribution in [0.4, 0.5) is 0 Å². The van der Waals surface area contributed by atoms with Gasteiger partial charge in [0.1, 0.15) is 19.0 Å². The van der Waals surface area contributed by atoms with Crippen molar-refractivity contribution in [3.05, 3.63) is 52.0 Å². The SMILES string of the molecule is COc1ccc(C(=O)NC(c2ccc3c(c2)OCCO3)C(C)C)cc1Br. The van der Waals surface area contributed by atoms with Crippen LogP contribution in [0.1, 0.15) is 35.8 Å². The van der Waals surface area contributed by atoms with Crippen LogP contribution in [0.2, 0.25) is 0 Å². The van der Waals surface area contributed by atoms with Crippen molar-refractivity contribution in [1.82, 2.24) is 5.32 Å². The third kappa shape index (κ3) is 3.96. The molecule has 1 N–H and O–H groups in total. The molecule has 2 aromatic rings. The molecule has 0 fully saturated rings. The summed E-state index contributed by atoms with van der Waals surface area (Å²) in [5.74, 6) is 2.23. The number of carbonyl (C=O) groups is 1. The van der Waals surface area contributed by atoms with E-state index in [0.29, 0.717) is 24.5 Å². The zero-order valence-corrected chi connectivity index (χ0v) is 16.6. The van der Waals surface area contributed by atoms with Crippen LogP contribution in [-0.2, 0) is 0 Å². The van der Waals surface area contributed by atoms with Crippen LogP contribution < -0.4 is 19.5 Å². The molecule has 138 valence electrons. The molecule has 1 aliphatic rings. The van der Waals surface area contributed by atoms with Gasteiger partial charge in [0.25, 0.3) is 5.91 Å². The molecule has 3 rings (SSSR count). The highest BCUT2D eigenvalue weighted by atomic mass is 79.9. The summed E-state index contributed by atoms with van der Waals surface area (Å²) in [6.45, 7) is 5.25. The lowest BCUT2D eigenvalue weighted by molar-refractivity contribution is 0.0925. The van der Waals surface area contributed by atoms with Crippen LogP contribution in [0, 0.1) is 5.92 Å². The Hall–Kier alpha value is -2.21. The summed E-state index contributed by atoms with van der Waals surface area (Å²) < 4.78 is 17.2. The predicted molar refractivity (Wildman–Crippen MR) is 103 cm³/mol. The van der Waals surface area contributed by atoms with E-state index < -0.39 is 0 Å². The number of hydrogen-bond donors (Lipinski definition) is 1. The van der Waals surface area contributed by atoms with Crippen LogP contribution in [0.5, 0.6) is 17.2 Å². The Labute approximate surface area is 161 Å². The second-order valence-corrected chi connectivity index (χ2v) is 7.30. The molecule has 2 aromatic carbocycles. The van der Waals surface area contributed by atoms with Gasteiger partial charge in [-0.3, -0.25) is 4.79 Å². The van der Waals surface area contributed by atoms with Crippen molar-refractivity contribution in [3.63, 3.8) is 0 Å². The minimum atomic E-state index is -0.140. The van der Waals surface area contributed by atoms with E-state index in [-0.39, 0.29) is 17.9 Å². The fraction of sp³-hybridized carbons (Fsp3) is 0.350. The molecule has 1 unspecified atom stereocenters. The number of halogens is 1. The molecule has 1 heterocycles. The minimum absolute atomic E-state index is 0.137. The van der Waals surface area contributed by atoms with E-state index in [1.54, 1.807) is 25.3 Å². The van der Waals surface area contributed by atoms with Crippen LogP contribution >= 0.6 is 15.9 Å². The summed E-state index contributed by atoms with van der Waals surface area (Å²) in [4.78, 5) is 12.7. The fourth-order valence-electron chi connectivity index (χ4n) is 2.92. The lowest BCUT2D eigenvalue weighted by atomic mass is 9.95. The Kier molecular flexibility index (Phi) is 5.71. The lowest BCUT2D eigenvalue weighted by Gasteiger charge is -2.25. The molecule has 0 radical (unpaired) electrons. The molecule has 5 nitrogen and oxygen atoms in total. The van der Waals surface area contributed by atoms with E-state index in [1.165, 1.54) is 0 Å². The van der Waals surface area contributed by atoms with Gasteiger partial charge in [-0.1, -0.05) is 19.9 Å². The van der Waals surface area contributed by atoms with Crippen molar-refractivity contribution < 1.29 is 19.0 Å². The number of methoxy groups -OCH3 is 1. The summed E-state index contributed by atoms with van der Waals surface area (Å²) in [7, 11) is 1.59. The average molecular weight is 420 g/mol. The monoisotopic (exact) mass is 419 g/mol. The van der Waals surface area contributed by atoms with E-state index in [4.69, 9.17) is 14.2 Å². The Morgan fingerprint density at radius 3 is 2.50 bits per heavy atom. The van der Waals surface area contributed by atoms with E-state index in [1.807, 2.05) is 18.2 Å². The fourth-order valence-corrected chi connectivity index (χ4v) is 3.46. The molecular formula is C20H22BrNO4. The van der Waals surface area contributed by atoms with Gasteiger partial charge in [0, 0.05) is 5.56 Å². The Bertz CT molecular complexity index is 806. The first-order valence-electron chi connectivity index (χ1n) is 8.53. The predicted octanol–water partition coefficient (Wildman–Crippen LogP) is 4.36. The number of benzene rings is 2. The summed E-state index contributed by atoms with van der Waals surface area (Å²) in [5, 5.41) is 3.12. The lowest BCUT2D eigenvalue weighted by Crippen LogP contribution is -2.32. The van der Waals surface area contributed by atoms with Gasteiger partial charge in [-0.25, -0.2) is 0 Å². The molecule has 6 heteroatoms. The Morgan fingerprint density at radius 1 is 1.12 bits per heavy atom. The number of ether oxygens (including phenoxy) is 3. The summed E-state index contributed by atoms with van der Waals surface area (Å²) in [6.07, 6.45) is 0. The van der Waals surface area contributed by atoms with E-state index >= 15 is 0 Å². The number of fused-ring (bicyclic) bond motifs is 1. The maximum Gasteiger partial charge on any atom is 0.251 e. The number of carbonyl (C=O) groups excluding carboxylic acids is 1. The van der Waals surface area contributed by atoms with E-state index in [0.717, 1.165) is 21.5 Å². The molecule has 1 amide bonds. The van der Waals surface area contributed by atoms with Crippen molar-refractivity contribution in [2.45, 2.75) is 19.9 Å². The Morgan fingerprint density at radius 2 is 1.85 bits per heavy atom. The van der Waals surface area contributed by atoms with Gasteiger partial charge in [0.05, 0.1) is 17.6 Å². The van der Waals surface area contributed by atoms with Gasteiger partial charge >= 0.3 is 0 Å². The van der Waals surface area contributed by atoms with Crippen molar-refractivity contribution in [2.24, 2.45) is 5.92 Å². The third-order valence-electron chi connectivity index (χ3n) is 4.29. The topological polar surface area (TPSA) is 56.8 Å². The molecule has 0 saturated carbocycles. The van der Waals surface area contributed by atoms with Crippen LogP contribution in [0.25, 0.3) is 0 Å². The standard InChI is InChI=1S/C20H22BrNO4/c1-12(2)19(13-4-7-17-18(11-13)26-9-8-25-17)22-20(23)14-5-6-16(24-3)15(21)10-14/h4-7,10-12,19H,8-9H2,1-3H3,(H,22,23). The molecule has 0 saturated heterocycles. The highest BCUT2D eigenvalue weighted by Gasteiger charge is 2.22. The average Bonchev–Trinajstić information content (AvgIpc) is 2.65. The van der Waals surface area contributed by atoms with Crippen molar-refractivity contribution in [3.8, 4) is 17.2 Å². The summed E-state index contributed by atoms with van der Waals surface area (Å²) in [5.41, 5.74) is 1.56. The maximum atomic E-state index is 12.7. The molecule has 0 bridgehead atoms. The summed E-state index contributed by atoms with van der Waals surface area (Å²) in [6, 6.07) is 11.0. The maximum absolute atomic E-state index is 12.7. The zero-order valence-electron chi connectivity index (χ0n) is 15.0. The van der Waals surface area contributed by atoms with E-state index in [2.05, 4.69) is 35.1 Å².